The summed E-state index contributed by atoms with van der Waals surface area (Å²) in [6.45, 7) is 6.29. The van der Waals surface area contributed by atoms with Gasteiger partial charge in [-0.1, -0.05) is 12.5 Å². The van der Waals surface area contributed by atoms with E-state index in [4.69, 9.17) is 4.74 Å². The molecule has 0 heterocycles. The van der Waals surface area contributed by atoms with E-state index >= 15 is 0 Å². The highest BCUT2D eigenvalue weighted by atomic mass is 16.6. The van der Waals surface area contributed by atoms with Crippen molar-refractivity contribution in [3.8, 4) is 0 Å². The molecule has 0 aromatic heterocycles. The van der Waals surface area contributed by atoms with Crippen LogP contribution in [0.1, 0.15) is 59.3 Å². The van der Waals surface area contributed by atoms with Gasteiger partial charge in [-0.2, -0.15) is 0 Å². The number of carbonyl (C=O) groups excluding carboxylic acids is 1. The number of hydrogen-bond acceptors (Lipinski definition) is 2. The largest absolute Gasteiger partial charge is 0.456 e. The molecule has 0 saturated heterocycles. The van der Waals surface area contributed by atoms with Crippen molar-refractivity contribution in [3.63, 3.8) is 0 Å². The summed E-state index contributed by atoms with van der Waals surface area (Å²) in [5.74, 6) is 1.48. The van der Waals surface area contributed by atoms with Crippen LogP contribution in [0.2, 0.25) is 0 Å². The smallest absolute Gasteiger partial charge is 0.331 e. The summed E-state index contributed by atoms with van der Waals surface area (Å²) in [6, 6.07) is 0. The molecule has 4 aliphatic carbocycles. The van der Waals surface area contributed by atoms with Crippen LogP contribution in [0.15, 0.2) is 11.6 Å². The standard InChI is InChI=1S/C16H24O2/c1-11(2)4-14(17)18-16-8-12-5-13(9-16)7-15(3,6-12)10-16/h4,12-13H,5-10H2,1-3H3. The summed E-state index contributed by atoms with van der Waals surface area (Å²) in [5.41, 5.74) is 1.34. The normalized spacial score (nSPS) is 44.8. The average Bonchev–Trinajstić information content (AvgIpc) is 2.08. The molecule has 2 nitrogen and oxygen atoms in total. The first-order chi connectivity index (χ1) is 8.38. The highest BCUT2D eigenvalue weighted by Gasteiger charge is 2.57. The second-order valence-electron chi connectivity index (χ2n) is 7.60. The van der Waals surface area contributed by atoms with Crippen LogP contribution in [0.4, 0.5) is 0 Å². The minimum Gasteiger partial charge on any atom is -0.456 e. The molecule has 0 amide bonds. The summed E-state index contributed by atoms with van der Waals surface area (Å²) < 4.78 is 5.91. The predicted molar refractivity (Wildman–Crippen MR) is 71.0 cm³/mol. The molecule has 4 bridgehead atoms. The number of esters is 1. The van der Waals surface area contributed by atoms with Gasteiger partial charge in [0.1, 0.15) is 5.60 Å². The molecule has 18 heavy (non-hydrogen) atoms. The molecule has 0 aromatic carbocycles. The topological polar surface area (TPSA) is 26.3 Å². The van der Waals surface area contributed by atoms with Crippen LogP contribution in [-0.4, -0.2) is 11.6 Å². The lowest BCUT2D eigenvalue weighted by Gasteiger charge is -2.60. The molecule has 4 aliphatic rings. The quantitative estimate of drug-likeness (QED) is 0.548. The Morgan fingerprint density at radius 3 is 2.28 bits per heavy atom. The van der Waals surface area contributed by atoms with E-state index in [-0.39, 0.29) is 11.6 Å². The van der Waals surface area contributed by atoms with Gasteiger partial charge in [0.15, 0.2) is 0 Å². The molecule has 0 aromatic rings. The second kappa shape index (κ2) is 3.85. The average molecular weight is 248 g/mol. The Bertz CT molecular complexity index is 389. The second-order valence-corrected chi connectivity index (χ2v) is 7.60. The van der Waals surface area contributed by atoms with E-state index < -0.39 is 0 Å². The van der Waals surface area contributed by atoms with Gasteiger partial charge in [0.05, 0.1) is 0 Å². The molecule has 100 valence electrons. The highest BCUT2D eigenvalue weighted by molar-refractivity contribution is 5.83. The van der Waals surface area contributed by atoms with Crippen LogP contribution >= 0.6 is 0 Å². The predicted octanol–water partition coefficient (Wildman–Crippen LogP) is 3.85. The third-order valence-electron chi connectivity index (χ3n) is 5.02. The molecule has 2 atom stereocenters. The van der Waals surface area contributed by atoms with Gasteiger partial charge in [-0.25, -0.2) is 4.79 Å². The molecule has 0 aliphatic heterocycles. The van der Waals surface area contributed by atoms with Gasteiger partial charge in [0, 0.05) is 6.08 Å². The molecule has 2 unspecified atom stereocenters. The van der Waals surface area contributed by atoms with Gasteiger partial charge in [-0.15, -0.1) is 0 Å². The summed E-state index contributed by atoms with van der Waals surface area (Å²) in [5, 5.41) is 0. The zero-order valence-corrected chi connectivity index (χ0v) is 11.8. The van der Waals surface area contributed by atoms with Crippen LogP contribution in [0, 0.1) is 17.3 Å². The van der Waals surface area contributed by atoms with Crippen molar-refractivity contribution < 1.29 is 9.53 Å². The summed E-state index contributed by atoms with van der Waals surface area (Å²) in [7, 11) is 0. The zero-order valence-electron chi connectivity index (χ0n) is 11.8. The van der Waals surface area contributed by atoms with E-state index in [1.165, 1.54) is 19.3 Å². The highest BCUT2D eigenvalue weighted by Crippen LogP contribution is 2.62. The molecule has 4 rings (SSSR count). The monoisotopic (exact) mass is 248 g/mol. The minimum absolute atomic E-state index is 0.123. The van der Waals surface area contributed by atoms with E-state index in [1.807, 2.05) is 13.8 Å². The van der Waals surface area contributed by atoms with Gasteiger partial charge in [-0.3, -0.25) is 0 Å². The van der Waals surface area contributed by atoms with Crippen LogP contribution in [-0.2, 0) is 9.53 Å². The first kappa shape index (κ1) is 12.3. The van der Waals surface area contributed by atoms with Gasteiger partial charge < -0.3 is 4.74 Å². The Labute approximate surface area is 110 Å². The lowest BCUT2D eigenvalue weighted by molar-refractivity contribution is -0.194. The van der Waals surface area contributed by atoms with Crippen molar-refractivity contribution in [2.24, 2.45) is 17.3 Å². The first-order valence-corrected chi connectivity index (χ1v) is 7.26. The Morgan fingerprint density at radius 1 is 1.17 bits per heavy atom. The van der Waals surface area contributed by atoms with Gasteiger partial charge in [-0.05, 0) is 69.6 Å². The Kier molecular flexibility index (Phi) is 2.62. The van der Waals surface area contributed by atoms with Crippen molar-refractivity contribution in [1.29, 1.82) is 0 Å². The summed E-state index contributed by atoms with van der Waals surface area (Å²) in [6.07, 6.45) is 9.04. The lowest BCUT2D eigenvalue weighted by Crippen LogP contribution is -2.56. The van der Waals surface area contributed by atoms with Crippen molar-refractivity contribution in [2.45, 2.75) is 64.9 Å². The van der Waals surface area contributed by atoms with Crippen molar-refractivity contribution in [2.75, 3.05) is 0 Å². The van der Waals surface area contributed by atoms with Crippen LogP contribution < -0.4 is 0 Å². The van der Waals surface area contributed by atoms with E-state index in [2.05, 4.69) is 6.92 Å². The number of rotatable bonds is 2. The van der Waals surface area contributed by atoms with E-state index in [0.717, 1.165) is 36.7 Å². The maximum Gasteiger partial charge on any atom is 0.331 e. The first-order valence-electron chi connectivity index (χ1n) is 7.26. The van der Waals surface area contributed by atoms with Gasteiger partial charge in [0.2, 0.25) is 0 Å². The summed E-state index contributed by atoms with van der Waals surface area (Å²) in [4.78, 5) is 11.9. The van der Waals surface area contributed by atoms with Crippen LogP contribution in [0.25, 0.3) is 0 Å². The molecule has 0 N–H and O–H groups in total. The third kappa shape index (κ3) is 2.10. The number of hydrogen-bond donors (Lipinski definition) is 0. The molecule has 0 spiro atoms. The van der Waals surface area contributed by atoms with Gasteiger partial charge in [0.25, 0.3) is 0 Å². The van der Waals surface area contributed by atoms with Crippen molar-refractivity contribution >= 4 is 5.97 Å². The number of allylic oxidation sites excluding steroid dienone is 1. The fraction of sp³-hybridized carbons (Fsp3) is 0.812. The number of ether oxygens (including phenoxy) is 1. The van der Waals surface area contributed by atoms with E-state index in [1.54, 1.807) is 6.08 Å². The molecule has 2 heteroatoms. The Balaban J connectivity index is 1.79. The number of carbonyl (C=O) groups is 1. The molecular formula is C16H24O2. The zero-order chi connectivity index (χ0) is 13.0. The van der Waals surface area contributed by atoms with Gasteiger partial charge >= 0.3 is 5.97 Å². The molecule has 4 saturated carbocycles. The molecule has 0 radical (unpaired) electrons. The maximum atomic E-state index is 11.9. The van der Waals surface area contributed by atoms with Crippen LogP contribution in [0.5, 0.6) is 0 Å². The van der Waals surface area contributed by atoms with Crippen LogP contribution in [0.3, 0.4) is 0 Å². The third-order valence-corrected chi connectivity index (χ3v) is 5.02. The summed E-state index contributed by atoms with van der Waals surface area (Å²) >= 11 is 0. The molecule has 4 fully saturated rings. The SMILES string of the molecule is CC(C)=CC(=O)OC12CC3CC(CC(C)(C3)C1)C2. The maximum absolute atomic E-state index is 11.9. The Morgan fingerprint density at radius 2 is 1.78 bits per heavy atom. The van der Waals surface area contributed by atoms with Crippen molar-refractivity contribution in [3.05, 3.63) is 11.6 Å². The fourth-order valence-corrected chi connectivity index (χ4v) is 5.23. The van der Waals surface area contributed by atoms with E-state index in [9.17, 15) is 4.79 Å². The minimum atomic E-state index is -0.124. The van der Waals surface area contributed by atoms with E-state index in [0.29, 0.717) is 5.41 Å². The molecular weight excluding hydrogens is 224 g/mol. The lowest BCUT2D eigenvalue weighted by atomic mass is 9.48. The fourth-order valence-electron chi connectivity index (χ4n) is 5.23. The van der Waals surface area contributed by atoms with Crippen molar-refractivity contribution in [1.82, 2.24) is 0 Å². The Hall–Kier alpha value is -0.790.